The Kier molecular flexibility index (Phi) is 3.07. The average Bonchev–Trinajstić information content (AvgIpc) is 3.36. The smallest absolute Gasteiger partial charge is 0.174 e. The van der Waals surface area contributed by atoms with Crippen molar-refractivity contribution in [1.29, 1.82) is 0 Å². The van der Waals surface area contributed by atoms with Crippen molar-refractivity contribution in [2.45, 2.75) is 68.1 Å². The molecule has 1 heterocycles. The molecule has 6 atom stereocenters. The van der Waals surface area contributed by atoms with E-state index in [1.165, 1.54) is 24.9 Å². The van der Waals surface area contributed by atoms with Crippen molar-refractivity contribution in [2.24, 2.45) is 11.8 Å². The number of hydrogen-bond acceptors (Lipinski definition) is 4. The van der Waals surface area contributed by atoms with Gasteiger partial charge >= 0.3 is 0 Å². The van der Waals surface area contributed by atoms with E-state index in [-0.39, 0.29) is 17.5 Å². The highest BCUT2D eigenvalue weighted by molar-refractivity contribution is 5.89. The largest absolute Gasteiger partial charge is 0.504 e. The molecular weight excluding hydrogens is 342 g/mol. The first-order valence-electron chi connectivity index (χ1n) is 10.5. The first kappa shape index (κ1) is 16.4. The number of benzene rings is 1. The van der Waals surface area contributed by atoms with Crippen LogP contribution in [-0.4, -0.2) is 47.3 Å². The van der Waals surface area contributed by atoms with Gasteiger partial charge in [0.25, 0.3) is 0 Å². The molecule has 144 valence electrons. The van der Waals surface area contributed by atoms with Crippen molar-refractivity contribution in [3.05, 3.63) is 23.3 Å². The van der Waals surface area contributed by atoms with Gasteiger partial charge in [0, 0.05) is 30.2 Å². The maximum absolute atomic E-state index is 12.8. The molecule has 3 N–H and O–H groups in total. The van der Waals surface area contributed by atoms with Gasteiger partial charge in [-0.25, -0.2) is 0 Å². The molecule has 5 aliphatic rings. The molecule has 5 nitrogen and oxygen atoms in total. The normalized spacial score (nSPS) is 42.4. The number of carbonyl (C=O) groups is 1. The van der Waals surface area contributed by atoms with Gasteiger partial charge in [0.1, 0.15) is 0 Å². The highest BCUT2D eigenvalue weighted by Gasteiger charge is 2.74. The molecule has 0 saturated heterocycles. The monoisotopic (exact) mass is 370 g/mol. The molecule has 27 heavy (non-hydrogen) atoms. The molecular formula is C22H28NO4+. The lowest BCUT2D eigenvalue weighted by molar-refractivity contribution is -0.915. The van der Waals surface area contributed by atoms with Crippen LogP contribution in [0.3, 0.4) is 0 Å². The molecule has 6 rings (SSSR count). The predicted molar refractivity (Wildman–Crippen MR) is 98.1 cm³/mol. The van der Waals surface area contributed by atoms with Crippen molar-refractivity contribution in [2.75, 3.05) is 13.6 Å². The maximum Gasteiger partial charge on any atom is 0.174 e. The molecule has 2 bridgehead atoms. The Morgan fingerprint density at radius 2 is 2.07 bits per heavy atom. The van der Waals surface area contributed by atoms with Gasteiger partial charge in [0.15, 0.2) is 23.4 Å². The zero-order chi connectivity index (χ0) is 18.6. The number of quaternary nitrogens is 1. The van der Waals surface area contributed by atoms with Gasteiger partial charge in [-0.15, -0.1) is 0 Å². The number of ketones is 1. The number of carbonyl (C=O) groups excluding carboxylic acids is 1. The Hall–Kier alpha value is -1.59. The minimum Gasteiger partial charge on any atom is -0.504 e. The fourth-order valence-electron chi connectivity index (χ4n) is 7.16. The fraction of sp³-hybridized carbons (Fsp3) is 0.682. The Balaban J connectivity index is 1.52. The summed E-state index contributed by atoms with van der Waals surface area (Å²) in [5, 5.41) is 22.6. The number of Topliss-reactive ketones (excluding diaryl/α,β-unsaturated/α-hetero) is 1. The first-order valence-corrected chi connectivity index (χ1v) is 10.5. The van der Waals surface area contributed by atoms with Crippen LogP contribution in [0, 0.1) is 11.8 Å². The highest BCUT2D eigenvalue weighted by Crippen LogP contribution is 2.66. The van der Waals surface area contributed by atoms with Crippen LogP contribution < -0.4 is 9.64 Å². The highest BCUT2D eigenvalue weighted by atomic mass is 16.5. The molecule has 3 saturated carbocycles. The molecule has 5 heteroatoms. The summed E-state index contributed by atoms with van der Waals surface area (Å²) in [7, 11) is 2.29. The standard InChI is InChI=1S/C22H27NO4/c1-23(11-12-2-3-12)15-6-8-21-18-13-4-5-16(24)19(18)27-20(21)17(25)7-9-22(21,26)14(15)10-13/h4-5,12,14-15,20,24,26H,2-3,6-11H2,1H3/p+1. The molecule has 4 aliphatic carbocycles. The van der Waals surface area contributed by atoms with Crippen LogP contribution in [0.15, 0.2) is 12.1 Å². The van der Waals surface area contributed by atoms with E-state index in [2.05, 4.69) is 7.05 Å². The van der Waals surface area contributed by atoms with E-state index in [4.69, 9.17) is 4.74 Å². The third kappa shape index (κ3) is 1.85. The predicted octanol–water partition coefficient (Wildman–Crippen LogP) is 0.744. The van der Waals surface area contributed by atoms with Crippen LogP contribution >= 0.6 is 0 Å². The molecule has 1 spiro atoms. The topological polar surface area (TPSA) is 71.2 Å². The summed E-state index contributed by atoms with van der Waals surface area (Å²) >= 11 is 0. The Morgan fingerprint density at radius 3 is 2.85 bits per heavy atom. The van der Waals surface area contributed by atoms with Gasteiger partial charge < -0.3 is 19.8 Å². The van der Waals surface area contributed by atoms with Gasteiger partial charge in [-0.2, -0.15) is 0 Å². The fourth-order valence-corrected chi connectivity index (χ4v) is 7.16. The zero-order valence-electron chi connectivity index (χ0n) is 15.8. The number of aliphatic hydroxyl groups is 1. The lowest BCUT2D eigenvalue weighted by atomic mass is 9.44. The number of nitrogens with one attached hydrogen (secondary N) is 1. The number of rotatable bonds is 3. The Morgan fingerprint density at radius 1 is 1.26 bits per heavy atom. The lowest BCUT2D eigenvalue weighted by Gasteiger charge is -2.61. The molecule has 3 fully saturated rings. The maximum atomic E-state index is 12.8. The van der Waals surface area contributed by atoms with Crippen molar-refractivity contribution in [3.63, 3.8) is 0 Å². The molecule has 1 aliphatic heterocycles. The molecule has 0 aromatic heterocycles. The second-order valence-electron chi connectivity index (χ2n) is 9.76. The first-order chi connectivity index (χ1) is 13.0. The van der Waals surface area contributed by atoms with Crippen LogP contribution in [0.4, 0.5) is 0 Å². The molecule has 6 unspecified atom stereocenters. The summed E-state index contributed by atoms with van der Waals surface area (Å²) in [6, 6.07) is 4.11. The van der Waals surface area contributed by atoms with E-state index in [1.807, 2.05) is 6.07 Å². The summed E-state index contributed by atoms with van der Waals surface area (Å²) < 4.78 is 6.09. The molecule has 1 aromatic carbocycles. The minimum absolute atomic E-state index is 0.0824. The summed E-state index contributed by atoms with van der Waals surface area (Å²) in [5.74, 6) is 1.64. The van der Waals surface area contributed by atoms with Crippen molar-refractivity contribution >= 4 is 5.78 Å². The van der Waals surface area contributed by atoms with Gasteiger partial charge in [-0.1, -0.05) is 6.07 Å². The summed E-state index contributed by atoms with van der Waals surface area (Å²) in [4.78, 5) is 14.4. The van der Waals surface area contributed by atoms with Crippen LogP contribution in [-0.2, 0) is 16.6 Å². The second kappa shape index (κ2) is 5.06. The minimum atomic E-state index is -0.911. The molecule has 1 aromatic rings. The Bertz CT molecular complexity index is 849. The van der Waals surface area contributed by atoms with E-state index >= 15 is 0 Å². The van der Waals surface area contributed by atoms with E-state index in [9.17, 15) is 15.0 Å². The van der Waals surface area contributed by atoms with Crippen LogP contribution in [0.2, 0.25) is 0 Å². The Labute approximate surface area is 159 Å². The van der Waals surface area contributed by atoms with Gasteiger partial charge in [-0.3, -0.25) is 4.79 Å². The lowest BCUT2D eigenvalue weighted by Crippen LogP contribution is -3.15. The molecule has 0 amide bonds. The van der Waals surface area contributed by atoms with E-state index in [0.29, 0.717) is 24.6 Å². The van der Waals surface area contributed by atoms with Crippen molar-refractivity contribution < 1.29 is 24.6 Å². The number of phenols is 1. The number of phenolic OH excluding ortho intramolecular Hbond substituents is 1. The van der Waals surface area contributed by atoms with E-state index < -0.39 is 17.1 Å². The van der Waals surface area contributed by atoms with Crippen molar-refractivity contribution in [1.82, 2.24) is 0 Å². The van der Waals surface area contributed by atoms with Gasteiger partial charge in [0.05, 0.1) is 30.7 Å². The third-order valence-corrected chi connectivity index (χ3v) is 8.50. The van der Waals surface area contributed by atoms with Gasteiger partial charge in [-0.05, 0) is 43.7 Å². The SMILES string of the molecule is C[NH+](CC1CC1)C1CCC23c4c5ccc(O)c4OC2C(=O)CCC3(O)C1C5. The molecule has 0 radical (unpaired) electrons. The third-order valence-electron chi connectivity index (χ3n) is 8.50. The van der Waals surface area contributed by atoms with E-state index in [1.54, 1.807) is 11.0 Å². The van der Waals surface area contributed by atoms with Crippen molar-refractivity contribution in [3.8, 4) is 11.5 Å². The van der Waals surface area contributed by atoms with Gasteiger partial charge in [0.2, 0.25) is 0 Å². The average molecular weight is 370 g/mol. The quantitative estimate of drug-likeness (QED) is 0.734. The summed E-state index contributed by atoms with van der Waals surface area (Å²) in [6.45, 7) is 1.19. The van der Waals surface area contributed by atoms with Crippen LogP contribution in [0.5, 0.6) is 11.5 Å². The number of hydrogen-bond donors (Lipinski definition) is 3. The second-order valence-corrected chi connectivity index (χ2v) is 9.76. The van der Waals surface area contributed by atoms with Crippen LogP contribution in [0.25, 0.3) is 0 Å². The zero-order valence-corrected chi connectivity index (χ0v) is 15.8. The summed E-state index contributed by atoms with van der Waals surface area (Å²) in [6.07, 6.45) is 5.55. The van der Waals surface area contributed by atoms with E-state index in [0.717, 1.165) is 30.7 Å². The number of aromatic hydroxyl groups is 1. The number of ether oxygens (including phenoxy) is 1. The van der Waals surface area contributed by atoms with Crippen LogP contribution in [0.1, 0.15) is 49.7 Å². The summed E-state index contributed by atoms with van der Waals surface area (Å²) in [5.41, 5.74) is 0.535.